The summed E-state index contributed by atoms with van der Waals surface area (Å²) in [5.41, 5.74) is -0.189. The summed E-state index contributed by atoms with van der Waals surface area (Å²) in [7, 11) is 3.07. The van der Waals surface area contributed by atoms with E-state index in [1.807, 2.05) is 0 Å². The molecule has 1 aromatic carbocycles. The number of esters is 1. The van der Waals surface area contributed by atoms with Crippen molar-refractivity contribution in [1.29, 1.82) is 5.26 Å². The first-order valence-electron chi connectivity index (χ1n) is 9.27. The highest BCUT2D eigenvalue weighted by Crippen LogP contribution is 2.28. The Hall–Kier alpha value is -3.01. The molecule has 0 aliphatic heterocycles. The number of methoxy groups -OCH3 is 2. The molecule has 1 saturated carbocycles. The molecule has 7 heteroatoms. The Bertz CT molecular complexity index is 775. The minimum absolute atomic E-state index is 0.466. The van der Waals surface area contributed by atoms with Gasteiger partial charge in [0.15, 0.2) is 6.10 Å². The van der Waals surface area contributed by atoms with Crippen molar-refractivity contribution >= 4 is 18.0 Å². The van der Waals surface area contributed by atoms with E-state index in [1.165, 1.54) is 20.1 Å². The maximum atomic E-state index is 12.4. The van der Waals surface area contributed by atoms with Crippen LogP contribution < -0.4 is 14.8 Å². The number of hydrogen-bond donors (Lipinski definition) is 1. The van der Waals surface area contributed by atoms with E-state index in [1.54, 1.807) is 31.4 Å². The lowest BCUT2D eigenvalue weighted by atomic mass is 9.83. The molecule has 1 N–H and O–H groups in total. The molecule has 1 amide bonds. The molecule has 0 saturated heterocycles. The number of benzene rings is 1. The Morgan fingerprint density at radius 2 is 1.93 bits per heavy atom. The molecular formula is C21H26N2O5. The lowest BCUT2D eigenvalue weighted by Crippen LogP contribution is -2.52. The van der Waals surface area contributed by atoms with Gasteiger partial charge in [-0.3, -0.25) is 4.79 Å². The van der Waals surface area contributed by atoms with Gasteiger partial charge in [0, 0.05) is 17.7 Å². The van der Waals surface area contributed by atoms with Gasteiger partial charge in [-0.1, -0.05) is 19.3 Å². The van der Waals surface area contributed by atoms with E-state index >= 15 is 0 Å². The number of nitrogens with one attached hydrogen (secondary N) is 1. The molecule has 7 nitrogen and oxygen atoms in total. The van der Waals surface area contributed by atoms with Crippen LogP contribution >= 0.6 is 0 Å². The van der Waals surface area contributed by atoms with Crippen LogP contribution in [-0.2, 0) is 14.3 Å². The lowest BCUT2D eigenvalue weighted by molar-refractivity contribution is -0.150. The molecular weight excluding hydrogens is 360 g/mol. The number of carbonyl (C=O) groups is 2. The number of ether oxygens (including phenoxy) is 3. The van der Waals surface area contributed by atoms with Gasteiger partial charge in [0.05, 0.1) is 20.3 Å². The standard InChI is InChI=1S/C21H26N2O5/c1-15(20(25)23-21(14-22)11-5-4-6-12-21)28-19(24)10-8-16-7-9-17(26-2)13-18(16)27-3/h7-10,13,15H,4-6,11-12H2,1-3H3,(H,23,25)/b10-8+/t15-/m0/s1. The van der Waals surface area contributed by atoms with Crippen molar-refractivity contribution in [2.24, 2.45) is 0 Å². The third kappa shape index (κ3) is 5.49. The molecule has 0 unspecified atom stereocenters. The van der Waals surface area contributed by atoms with Crippen LogP contribution in [0.1, 0.15) is 44.6 Å². The van der Waals surface area contributed by atoms with Crippen molar-refractivity contribution in [3.8, 4) is 17.6 Å². The molecule has 0 heterocycles. The normalized spacial score (nSPS) is 16.6. The number of rotatable bonds is 7. The average Bonchev–Trinajstić information content (AvgIpc) is 2.72. The molecule has 28 heavy (non-hydrogen) atoms. The Morgan fingerprint density at radius 1 is 1.21 bits per heavy atom. The third-order valence-electron chi connectivity index (χ3n) is 4.79. The predicted molar refractivity (Wildman–Crippen MR) is 104 cm³/mol. The van der Waals surface area contributed by atoms with Gasteiger partial charge in [-0.2, -0.15) is 5.26 Å². The summed E-state index contributed by atoms with van der Waals surface area (Å²) in [4.78, 5) is 24.4. The third-order valence-corrected chi connectivity index (χ3v) is 4.79. The van der Waals surface area contributed by atoms with E-state index in [-0.39, 0.29) is 0 Å². The molecule has 0 radical (unpaired) electrons. The van der Waals surface area contributed by atoms with Gasteiger partial charge in [-0.15, -0.1) is 0 Å². The number of carbonyl (C=O) groups excluding carboxylic acids is 2. The van der Waals surface area contributed by atoms with E-state index < -0.39 is 23.5 Å². The molecule has 2 rings (SSSR count). The molecule has 1 fully saturated rings. The second kappa shape index (κ2) is 9.79. The summed E-state index contributed by atoms with van der Waals surface area (Å²) in [5.74, 6) is 0.0563. The fourth-order valence-corrected chi connectivity index (χ4v) is 3.14. The maximum Gasteiger partial charge on any atom is 0.331 e. The summed E-state index contributed by atoms with van der Waals surface area (Å²) in [6, 6.07) is 7.41. The van der Waals surface area contributed by atoms with Crippen LogP contribution in [-0.4, -0.2) is 37.7 Å². The van der Waals surface area contributed by atoms with E-state index in [9.17, 15) is 14.9 Å². The number of amides is 1. The van der Waals surface area contributed by atoms with Crippen molar-refractivity contribution in [2.45, 2.75) is 50.7 Å². The zero-order valence-corrected chi connectivity index (χ0v) is 16.5. The van der Waals surface area contributed by atoms with Crippen LogP contribution in [0.2, 0.25) is 0 Å². The summed E-state index contributed by atoms with van der Waals surface area (Å²) in [6.45, 7) is 1.49. The van der Waals surface area contributed by atoms with Gasteiger partial charge in [0.2, 0.25) is 0 Å². The first-order valence-corrected chi connectivity index (χ1v) is 9.27. The monoisotopic (exact) mass is 386 g/mol. The quantitative estimate of drug-likeness (QED) is 0.571. The smallest absolute Gasteiger partial charge is 0.331 e. The zero-order valence-electron chi connectivity index (χ0n) is 16.5. The molecule has 150 valence electrons. The van der Waals surface area contributed by atoms with Crippen LogP contribution in [0.4, 0.5) is 0 Å². The Labute approximate surface area is 165 Å². The number of nitrogens with zero attached hydrogens (tertiary/aromatic N) is 1. The van der Waals surface area contributed by atoms with Gasteiger partial charge >= 0.3 is 5.97 Å². The first kappa shape index (κ1) is 21.3. The minimum atomic E-state index is -0.998. The van der Waals surface area contributed by atoms with Gasteiger partial charge in [-0.25, -0.2) is 4.79 Å². The average molecular weight is 386 g/mol. The van der Waals surface area contributed by atoms with Crippen LogP contribution in [0.5, 0.6) is 11.5 Å². The van der Waals surface area contributed by atoms with Gasteiger partial charge in [0.25, 0.3) is 5.91 Å². The fraction of sp³-hybridized carbons (Fsp3) is 0.476. The molecule has 1 atom stereocenters. The predicted octanol–water partition coefficient (Wildman–Crippen LogP) is 2.99. The van der Waals surface area contributed by atoms with Crippen molar-refractivity contribution < 1.29 is 23.8 Å². The number of hydrogen-bond acceptors (Lipinski definition) is 6. The number of nitriles is 1. The van der Waals surface area contributed by atoms with Crippen LogP contribution in [0, 0.1) is 11.3 Å². The van der Waals surface area contributed by atoms with Crippen molar-refractivity contribution in [2.75, 3.05) is 14.2 Å². The summed E-state index contributed by atoms with van der Waals surface area (Å²) < 4.78 is 15.6. The molecule has 0 bridgehead atoms. The molecule has 0 aromatic heterocycles. The van der Waals surface area contributed by atoms with E-state index in [0.717, 1.165) is 19.3 Å². The summed E-state index contributed by atoms with van der Waals surface area (Å²) in [5, 5.41) is 12.2. The van der Waals surface area contributed by atoms with E-state index in [4.69, 9.17) is 14.2 Å². The summed E-state index contributed by atoms with van der Waals surface area (Å²) in [6.07, 6.45) is 5.87. The highest BCUT2D eigenvalue weighted by molar-refractivity contribution is 5.91. The van der Waals surface area contributed by atoms with Gasteiger partial charge < -0.3 is 19.5 Å². The molecule has 1 aliphatic carbocycles. The topological polar surface area (TPSA) is 97.6 Å². The Balaban J connectivity index is 1.95. The van der Waals surface area contributed by atoms with Crippen molar-refractivity contribution in [3.05, 3.63) is 29.8 Å². The summed E-state index contributed by atoms with van der Waals surface area (Å²) >= 11 is 0. The van der Waals surface area contributed by atoms with Crippen LogP contribution in [0.25, 0.3) is 6.08 Å². The SMILES string of the molecule is COc1ccc(/C=C/C(=O)O[C@@H](C)C(=O)NC2(C#N)CCCCC2)c(OC)c1. The largest absolute Gasteiger partial charge is 0.497 e. The first-order chi connectivity index (χ1) is 13.4. The Morgan fingerprint density at radius 3 is 2.54 bits per heavy atom. The molecule has 1 aliphatic rings. The highest BCUT2D eigenvalue weighted by Gasteiger charge is 2.35. The maximum absolute atomic E-state index is 12.4. The van der Waals surface area contributed by atoms with Crippen molar-refractivity contribution in [3.63, 3.8) is 0 Å². The molecule has 1 aromatic rings. The van der Waals surface area contributed by atoms with Crippen LogP contribution in [0.3, 0.4) is 0 Å². The lowest BCUT2D eigenvalue weighted by Gasteiger charge is -2.32. The highest BCUT2D eigenvalue weighted by atomic mass is 16.5. The Kier molecular flexibility index (Phi) is 7.44. The second-order valence-electron chi connectivity index (χ2n) is 6.76. The second-order valence-corrected chi connectivity index (χ2v) is 6.76. The van der Waals surface area contributed by atoms with E-state index in [2.05, 4.69) is 11.4 Å². The minimum Gasteiger partial charge on any atom is -0.497 e. The van der Waals surface area contributed by atoms with Crippen molar-refractivity contribution in [1.82, 2.24) is 5.32 Å². The fourth-order valence-electron chi connectivity index (χ4n) is 3.14. The molecule has 0 spiro atoms. The van der Waals surface area contributed by atoms with Crippen LogP contribution in [0.15, 0.2) is 24.3 Å². The van der Waals surface area contributed by atoms with Gasteiger partial charge in [-0.05, 0) is 38.0 Å². The van der Waals surface area contributed by atoms with Gasteiger partial charge in [0.1, 0.15) is 17.0 Å². The van der Waals surface area contributed by atoms with E-state index in [0.29, 0.717) is 29.9 Å². The zero-order chi connectivity index (χ0) is 20.6.